The third kappa shape index (κ3) is 3.78. The number of hydrogen-bond acceptors (Lipinski definition) is 7. The number of benzene rings is 2. The molecule has 10 heteroatoms. The van der Waals surface area contributed by atoms with Gasteiger partial charge in [-0.15, -0.1) is 10.2 Å². The molecule has 1 amide bonds. The van der Waals surface area contributed by atoms with Crippen LogP contribution in [0, 0.1) is 0 Å². The highest BCUT2D eigenvalue weighted by Crippen LogP contribution is 2.26. The summed E-state index contributed by atoms with van der Waals surface area (Å²) < 4.78 is 7.34. The fraction of sp³-hybridized carbons (Fsp3) is 0.0952. The van der Waals surface area contributed by atoms with E-state index in [9.17, 15) is 4.79 Å². The third-order valence-corrected chi connectivity index (χ3v) is 5.79. The van der Waals surface area contributed by atoms with Crippen LogP contribution in [0.3, 0.4) is 0 Å². The van der Waals surface area contributed by atoms with Crippen LogP contribution in [0.5, 0.6) is 0 Å². The van der Waals surface area contributed by atoms with E-state index in [0.717, 1.165) is 38.9 Å². The first-order valence-corrected chi connectivity index (χ1v) is 10.8. The molecule has 0 fully saturated rings. The van der Waals surface area contributed by atoms with Crippen molar-refractivity contribution in [1.29, 1.82) is 0 Å². The van der Waals surface area contributed by atoms with Crippen LogP contribution < -0.4 is 10.6 Å². The van der Waals surface area contributed by atoms with E-state index in [1.807, 2.05) is 55.5 Å². The number of aryl methyl sites for hydroxylation is 1. The van der Waals surface area contributed by atoms with Crippen LogP contribution >= 0.6 is 23.6 Å². The normalized spacial score (nSPS) is 11.1. The van der Waals surface area contributed by atoms with Gasteiger partial charge in [-0.05, 0) is 48.6 Å². The van der Waals surface area contributed by atoms with E-state index < -0.39 is 5.91 Å². The molecular weight excluding hydrogens is 432 g/mol. The molecule has 3 heterocycles. The van der Waals surface area contributed by atoms with Crippen molar-refractivity contribution in [2.75, 3.05) is 5.32 Å². The van der Waals surface area contributed by atoms with Gasteiger partial charge in [0.05, 0.1) is 0 Å². The van der Waals surface area contributed by atoms with Crippen molar-refractivity contribution in [3.8, 4) is 10.6 Å². The van der Waals surface area contributed by atoms with Gasteiger partial charge in [-0.1, -0.05) is 36.5 Å². The van der Waals surface area contributed by atoms with Crippen LogP contribution in [0.1, 0.15) is 23.3 Å². The van der Waals surface area contributed by atoms with Crippen LogP contribution in [0.2, 0.25) is 0 Å². The second kappa shape index (κ2) is 7.89. The van der Waals surface area contributed by atoms with Crippen LogP contribution in [-0.4, -0.2) is 30.8 Å². The number of fused-ring (bicyclic) bond motifs is 2. The number of carbonyl (C=O) groups is 1. The molecule has 0 atom stereocenters. The number of rotatable bonds is 4. The summed E-state index contributed by atoms with van der Waals surface area (Å²) in [4.78, 5) is 13.2. The van der Waals surface area contributed by atoms with Gasteiger partial charge in [0.25, 0.3) is 5.91 Å². The lowest BCUT2D eigenvalue weighted by molar-refractivity contribution is 0.0953. The highest BCUT2D eigenvalue weighted by molar-refractivity contribution is 7.80. The van der Waals surface area contributed by atoms with Gasteiger partial charge in [0.2, 0.25) is 4.96 Å². The van der Waals surface area contributed by atoms with Gasteiger partial charge >= 0.3 is 0 Å². The topological polar surface area (TPSA) is 97.3 Å². The molecule has 0 aliphatic heterocycles. The second-order valence-corrected chi connectivity index (χ2v) is 8.07. The van der Waals surface area contributed by atoms with Gasteiger partial charge in [-0.2, -0.15) is 9.61 Å². The average molecular weight is 449 g/mol. The summed E-state index contributed by atoms with van der Waals surface area (Å²) >= 11 is 6.74. The van der Waals surface area contributed by atoms with Crippen molar-refractivity contribution in [2.24, 2.45) is 0 Å². The van der Waals surface area contributed by atoms with Crippen LogP contribution in [0.25, 0.3) is 26.5 Å². The molecule has 0 saturated heterocycles. The van der Waals surface area contributed by atoms with E-state index in [4.69, 9.17) is 16.6 Å². The number of hydrogen-bond donors (Lipinski definition) is 2. The maximum atomic E-state index is 12.4. The Kier molecular flexibility index (Phi) is 4.92. The predicted molar refractivity (Wildman–Crippen MR) is 123 cm³/mol. The summed E-state index contributed by atoms with van der Waals surface area (Å²) in [7, 11) is 0. The Morgan fingerprint density at radius 3 is 2.74 bits per heavy atom. The van der Waals surface area contributed by atoms with Crippen molar-refractivity contribution in [1.82, 2.24) is 25.1 Å². The maximum Gasteiger partial charge on any atom is 0.293 e. The summed E-state index contributed by atoms with van der Waals surface area (Å²) in [5.41, 5.74) is 2.36. The fourth-order valence-corrected chi connectivity index (χ4v) is 4.19. The minimum absolute atomic E-state index is 0.185. The Morgan fingerprint density at radius 2 is 1.97 bits per heavy atom. The Bertz CT molecular complexity index is 1380. The zero-order valence-corrected chi connectivity index (χ0v) is 18.0. The highest BCUT2D eigenvalue weighted by atomic mass is 32.1. The Labute approximate surface area is 185 Å². The first-order valence-electron chi connectivity index (χ1n) is 9.53. The van der Waals surface area contributed by atoms with Crippen LogP contribution in [-0.2, 0) is 6.42 Å². The third-order valence-electron chi connectivity index (χ3n) is 4.64. The molecule has 2 N–H and O–H groups in total. The number of anilines is 1. The summed E-state index contributed by atoms with van der Waals surface area (Å²) in [6.45, 7) is 2.02. The lowest BCUT2D eigenvalue weighted by atomic mass is 10.2. The minimum Gasteiger partial charge on any atom is -0.451 e. The quantitative estimate of drug-likeness (QED) is 0.396. The number of thiocarbonyl (C=S) groups is 1. The first kappa shape index (κ1) is 19.3. The number of nitrogens with zero attached hydrogens (tertiary/aromatic N) is 4. The smallest absolute Gasteiger partial charge is 0.293 e. The van der Waals surface area contributed by atoms with E-state index in [1.54, 1.807) is 10.6 Å². The summed E-state index contributed by atoms with van der Waals surface area (Å²) in [5.74, 6) is 0.633. The zero-order chi connectivity index (χ0) is 21.4. The number of carbonyl (C=O) groups excluding carboxylic acids is 1. The molecular formula is C21H16N6O2S2. The van der Waals surface area contributed by atoms with E-state index in [-0.39, 0.29) is 10.9 Å². The highest BCUT2D eigenvalue weighted by Gasteiger charge is 2.14. The van der Waals surface area contributed by atoms with Crippen molar-refractivity contribution >= 4 is 56.2 Å². The second-order valence-electron chi connectivity index (χ2n) is 6.71. The minimum atomic E-state index is -0.406. The van der Waals surface area contributed by atoms with Gasteiger partial charge in [-0.3, -0.25) is 10.1 Å². The molecule has 2 aromatic carbocycles. The molecule has 0 aliphatic rings. The molecule has 5 rings (SSSR count). The van der Waals surface area contributed by atoms with Crippen LogP contribution in [0.4, 0.5) is 5.69 Å². The summed E-state index contributed by atoms with van der Waals surface area (Å²) in [6, 6.07) is 16.7. The molecule has 3 aromatic heterocycles. The SMILES string of the molecule is CCc1nnc2sc(-c3ccc(NC(=S)NC(=O)c4cc5ccccc5o4)cc3)nn12. The number of nitrogens with one attached hydrogen (secondary N) is 2. The molecule has 5 aromatic rings. The standard InChI is InChI=1S/C21H16N6O2S2/c1-2-17-24-25-21-27(17)26-19(31-21)12-7-9-14(10-8-12)22-20(30)23-18(28)16-11-13-5-3-4-6-15(13)29-16/h3-11H,2H2,1H3,(H2,22,23,28,30). The van der Waals surface area contributed by atoms with Gasteiger partial charge in [-0.25, -0.2) is 0 Å². The van der Waals surface area contributed by atoms with Crippen molar-refractivity contribution in [3.63, 3.8) is 0 Å². The zero-order valence-electron chi connectivity index (χ0n) is 16.3. The van der Waals surface area contributed by atoms with Gasteiger partial charge in [0, 0.05) is 23.1 Å². The Balaban J connectivity index is 1.25. The molecule has 0 aliphatic carbocycles. The molecule has 31 heavy (non-hydrogen) atoms. The number of aromatic nitrogens is 4. The van der Waals surface area contributed by atoms with Crippen molar-refractivity contribution in [3.05, 3.63) is 66.2 Å². The molecule has 0 radical (unpaired) electrons. The lowest BCUT2D eigenvalue weighted by Crippen LogP contribution is -2.33. The van der Waals surface area contributed by atoms with Gasteiger partial charge < -0.3 is 9.73 Å². The van der Waals surface area contributed by atoms with Gasteiger partial charge in [0.15, 0.2) is 16.7 Å². The van der Waals surface area contributed by atoms with Crippen LogP contribution in [0.15, 0.2) is 59.0 Å². The molecule has 0 spiro atoms. The van der Waals surface area contributed by atoms with Crippen molar-refractivity contribution < 1.29 is 9.21 Å². The predicted octanol–water partition coefficient (Wildman–Crippen LogP) is 4.29. The summed E-state index contributed by atoms with van der Waals surface area (Å²) in [6.07, 6.45) is 0.768. The van der Waals surface area contributed by atoms with Crippen molar-refractivity contribution in [2.45, 2.75) is 13.3 Å². The molecule has 154 valence electrons. The Hall–Kier alpha value is -3.63. The summed E-state index contributed by atoms with van der Waals surface area (Å²) in [5, 5.41) is 20.4. The van der Waals surface area contributed by atoms with E-state index >= 15 is 0 Å². The lowest BCUT2D eigenvalue weighted by Gasteiger charge is -2.08. The Morgan fingerprint density at radius 1 is 1.16 bits per heavy atom. The largest absolute Gasteiger partial charge is 0.451 e. The maximum absolute atomic E-state index is 12.4. The van der Waals surface area contributed by atoms with E-state index in [2.05, 4.69) is 25.9 Å². The number of para-hydroxylation sites is 1. The monoisotopic (exact) mass is 448 g/mol. The number of amides is 1. The molecule has 0 unspecified atom stereocenters. The fourth-order valence-electron chi connectivity index (χ4n) is 3.11. The average Bonchev–Trinajstić information content (AvgIpc) is 3.48. The first-order chi connectivity index (χ1) is 15.1. The van der Waals surface area contributed by atoms with Gasteiger partial charge in [0.1, 0.15) is 10.6 Å². The number of furan rings is 1. The molecule has 0 saturated carbocycles. The molecule has 0 bridgehead atoms. The molecule has 8 nitrogen and oxygen atoms in total. The van der Waals surface area contributed by atoms with E-state index in [0.29, 0.717) is 5.58 Å². The van der Waals surface area contributed by atoms with E-state index in [1.165, 1.54) is 11.3 Å².